The Morgan fingerprint density at radius 2 is 1.70 bits per heavy atom. The lowest BCUT2D eigenvalue weighted by atomic mass is 9.90. The minimum Gasteiger partial charge on any atom is -0.371 e. The van der Waals surface area contributed by atoms with Gasteiger partial charge in [0.2, 0.25) is 5.91 Å². The Balaban J connectivity index is 0.000000557. The van der Waals surface area contributed by atoms with E-state index in [1.54, 1.807) is 12.1 Å². The molecule has 1 amide bonds. The highest BCUT2D eigenvalue weighted by Crippen LogP contribution is 2.34. The third-order valence-electron chi connectivity index (χ3n) is 7.23. The zero-order chi connectivity index (χ0) is 32.4. The maximum atomic E-state index is 14.6. The zero-order valence-electron chi connectivity index (χ0n) is 27.7. The molecular weight excluding hydrogens is 533 g/mol. The van der Waals surface area contributed by atoms with Gasteiger partial charge in [0.1, 0.15) is 5.82 Å². The van der Waals surface area contributed by atoms with Crippen LogP contribution in [0, 0.1) is 23.1 Å². The van der Waals surface area contributed by atoms with E-state index >= 15 is 0 Å². The van der Waals surface area contributed by atoms with Crippen molar-refractivity contribution in [2.75, 3.05) is 26.2 Å². The summed E-state index contributed by atoms with van der Waals surface area (Å²) in [6, 6.07) is 9.06. The van der Waals surface area contributed by atoms with Crippen molar-refractivity contribution in [1.82, 2.24) is 9.80 Å². The van der Waals surface area contributed by atoms with Crippen LogP contribution in [0.5, 0.6) is 0 Å². The molecule has 0 N–H and O–H groups in total. The monoisotopic (exact) mass is 585 g/mol. The first kappa shape index (κ1) is 37.1. The van der Waals surface area contributed by atoms with Crippen LogP contribution in [-0.2, 0) is 4.79 Å². The third kappa shape index (κ3) is 12.1. The van der Waals surface area contributed by atoms with E-state index in [1.165, 1.54) is 11.6 Å². The van der Waals surface area contributed by atoms with Crippen LogP contribution in [0.15, 0.2) is 101 Å². The van der Waals surface area contributed by atoms with Crippen LogP contribution in [-0.4, -0.2) is 41.9 Å². The lowest BCUT2D eigenvalue weighted by Crippen LogP contribution is -2.49. The van der Waals surface area contributed by atoms with Gasteiger partial charge in [-0.1, -0.05) is 94.8 Å². The molecule has 1 fully saturated rings. The molecule has 0 bridgehead atoms. The Morgan fingerprint density at radius 3 is 2.21 bits per heavy atom. The smallest absolute Gasteiger partial charge is 0.225 e. The number of hydrogen-bond acceptors (Lipinski definition) is 3. The first-order chi connectivity index (χ1) is 20.6. The molecule has 0 unspecified atom stereocenters. The van der Waals surface area contributed by atoms with Crippen molar-refractivity contribution < 1.29 is 9.18 Å². The summed E-state index contributed by atoms with van der Waals surface area (Å²) in [4.78, 5) is 16.5. The minimum absolute atomic E-state index is 0.0159. The number of benzene rings is 1. The molecule has 0 radical (unpaired) electrons. The summed E-state index contributed by atoms with van der Waals surface area (Å²) in [5.41, 5.74) is 6.61. The molecule has 4 nitrogen and oxygen atoms in total. The first-order valence-electron chi connectivity index (χ1n) is 15.5. The quantitative estimate of drug-likeness (QED) is 0.192. The summed E-state index contributed by atoms with van der Waals surface area (Å²) in [6.07, 6.45) is 16.7. The molecule has 5 heteroatoms. The van der Waals surface area contributed by atoms with Crippen molar-refractivity contribution in [1.29, 1.82) is 5.26 Å². The van der Waals surface area contributed by atoms with Crippen LogP contribution in [0.4, 0.5) is 4.39 Å². The second-order valence-corrected chi connectivity index (χ2v) is 11.0. The molecule has 232 valence electrons. The minimum atomic E-state index is -0.232. The largest absolute Gasteiger partial charge is 0.371 e. The average Bonchev–Trinajstić information content (AvgIpc) is 2.99. The summed E-state index contributed by atoms with van der Waals surface area (Å²) >= 11 is 0. The van der Waals surface area contributed by atoms with Gasteiger partial charge in [-0.2, -0.15) is 5.26 Å². The molecule has 1 saturated heterocycles. The standard InChI is InChI=1S/C25H33FN2O.C13H19N/c1-7-11-19(5)24(21(8-2)22-12-9-10-13-23(22)26)20(6)27-14-16-28(17-15-27)25(29)18(3)4;1-4-6-7-9-13(11-14)10-12(3)8-5-2/h7-13,18H,1,14-17H2,2-6H3;6-7,9-10H,4-5,8H2,1-3H3/b19-11-,21-8-,24-20-;7-6+,12-10+,13-9+. The molecule has 0 aliphatic carbocycles. The van der Waals surface area contributed by atoms with Gasteiger partial charge < -0.3 is 9.80 Å². The highest BCUT2D eigenvalue weighted by molar-refractivity contribution is 5.84. The molecule has 0 atom stereocenters. The number of amides is 1. The van der Waals surface area contributed by atoms with Crippen LogP contribution in [0.2, 0.25) is 0 Å². The Bertz CT molecular complexity index is 1290. The summed E-state index contributed by atoms with van der Waals surface area (Å²) < 4.78 is 14.6. The highest BCUT2D eigenvalue weighted by atomic mass is 19.1. The number of halogens is 1. The van der Waals surface area contributed by atoms with Gasteiger partial charge in [0.05, 0.1) is 11.6 Å². The van der Waals surface area contributed by atoms with Gasteiger partial charge in [-0.3, -0.25) is 4.79 Å². The van der Waals surface area contributed by atoms with Gasteiger partial charge in [-0.25, -0.2) is 4.39 Å². The molecule has 2 rings (SSSR count). The van der Waals surface area contributed by atoms with Crippen molar-refractivity contribution in [3.05, 3.63) is 113 Å². The van der Waals surface area contributed by atoms with Gasteiger partial charge in [-0.15, -0.1) is 0 Å². The van der Waals surface area contributed by atoms with Crippen LogP contribution in [0.1, 0.15) is 80.2 Å². The fourth-order valence-electron chi connectivity index (χ4n) is 5.01. The maximum Gasteiger partial charge on any atom is 0.225 e. The second kappa shape index (κ2) is 20.1. The van der Waals surface area contributed by atoms with Gasteiger partial charge in [-0.05, 0) is 69.9 Å². The van der Waals surface area contributed by atoms with E-state index in [-0.39, 0.29) is 17.6 Å². The van der Waals surface area contributed by atoms with E-state index in [9.17, 15) is 9.18 Å². The molecule has 1 heterocycles. The lowest BCUT2D eigenvalue weighted by molar-refractivity contribution is -0.135. The normalized spacial score (nSPS) is 15.7. The third-order valence-corrected chi connectivity index (χ3v) is 7.23. The van der Waals surface area contributed by atoms with Crippen molar-refractivity contribution in [3.63, 3.8) is 0 Å². The fourth-order valence-corrected chi connectivity index (χ4v) is 5.01. The lowest BCUT2D eigenvalue weighted by Gasteiger charge is -2.38. The van der Waals surface area contributed by atoms with Gasteiger partial charge >= 0.3 is 0 Å². The number of carbonyl (C=O) groups excluding carboxylic acids is 1. The molecular formula is C38H52FN3O. The van der Waals surface area contributed by atoms with Gasteiger partial charge in [0.25, 0.3) is 0 Å². The number of carbonyl (C=O) groups is 1. The summed E-state index contributed by atoms with van der Waals surface area (Å²) in [6.45, 7) is 23.0. The molecule has 0 saturated carbocycles. The van der Waals surface area contributed by atoms with Gasteiger partial charge in [0, 0.05) is 48.9 Å². The van der Waals surface area contributed by atoms with E-state index in [2.05, 4.69) is 45.2 Å². The molecule has 0 spiro atoms. The summed E-state index contributed by atoms with van der Waals surface area (Å²) in [5.74, 6) is -0.0124. The van der Waals surface area contributed by atoms with Crippen LogP contribution in [0.3, 0.4) is 0 Å². The number of rotatable bonds is 11. The number of hydrogen-bond donors (Lipinski definition) is 0. The zero-order valence-corrected chi connectivity index (χ0v) is 27.7. The van der Waals surface area contributed by atoms with E-state index in [4.69, 9.17) is 5.26 Å². The van der Waals surface area contributed by atoms with Crippen LogP contribution in [0.25, 0.3) is 5.57 Å². The predicted octanol–water partition coefficient (Wildman–Crippen LogP) is 9.58. The predicted molar refractivity (Wildman–Crippen MR) is 181 cm³/mol. The Morgan fingerprint density at radius 1 is 1.07 bits per heavy atom. The molecule has 1 aliphatic heterocycles. The number of allylic oxidation sites excluding steroid dienone is 13. The average molecular weight is 586 g/mol. The highest BCUT2D eigenvalue weighted by Gasteiger charge is 2.25. The van der Waals surface area contributed by atoms with Crippen molar-refractivity contribution >= 4 is 11.5 Å². The van der Waals surface area contributed by atoms with Crippen molar-refractivity contribution in [2.45, 2.75) is 74.7 Å². The first-order valence-corrected chi connectivity index (χ1v) is 15.5. The summed E-state index contributed by atoms with van der Waals surface area (Å²) in [5, 5.41) is 8.85. The van der Waals surface area contributed by atoms with Crippen molar-refractivity contribution in [3.8, 4) is 6.07 Å². The molecule has 1 aromatic rings. The van der Waals surface area contributed by atoms with Crippen LogP contribution < -0.4 is 0 Å². The molecule has 1 aromatic carbocycles. The number of piperazine rings is 1. The maximum absolute atomic E-state index is 14.6. The van der Waals surface area contributed by atoms with E-state index in [0.29, 0.717) is 18.7 Å². The molecule has 1 aliphatic rings. The number of nitrogens with zero attached hydrogens (tertiary/aromatic N) is 3. The Kier molecular flexibility index (Phi) is 17.3. The Hall–Kier alpha value is -3.91. The van der Waals surface area contributed by atoms with Gasteiger partial charge in [0.15, 0.2) is 0 Å². The van der Waals surface area contributed by atoms with E-state index in [1.807, 2.05) is 81.2 Å². The van der Waals surface area contributed by atoms with Crippen LogP contribution >= 0.6 is 0 Å². The SMILES string of the molecule is C=C\C=C(C)/C(=C(\C)N1CCN(C(=O)C(C)C)CC1)C(=C\C)/c1ccccc1F.CC/C=C/C=C(C#N)\C=C(/C)CCC. The summed E-state index contributed by atoms with van der Waals surface area (Å²) in [7, 11) is 0. The van der Waals surface area contributed by atoms with Crippen molar-refractivity contribution in [2.24, 2.45) is 5.92 Å². The van der Waals surface area contributed by atoms with E-state index < -0.39 is 0 Å². The van der Waals surface area contributed by atoms with E-state index in [0.717, 1.165) is 60.3 Å². The number of nitriles is 1. The fraction of sp³-hybridized carbons (Fsp3) is 0.421. The molecule has 0 aromatic heterocycles. The Labute approximate surface area is 261 Å². The second-order valence-electron chi connectivity index (χ2n) is 11.0. The molecule has 43 heavy (non-hydrogen) atoms. The topological polar surface area (TPSA) is 47.3 Å².